The first kappa shape index (κ1) is 24.9. The molecule has 190 valence electrons. The van der Waals surface area contributed by atoms with Crippen molar-refractivity contribution in [1.82, 2.24) is 14.5 Å². The Morgan fingerprint density at radius 3 is 2.74 bits per heavy atom. The molecule has 1 atom stereocenters. The number of nitrogens with two attached hydrogens (primary N) is 2. The predicted molar refractivity (Wildman–Crippen MR) is 139 cm³/mol. The van der Waals surface area contributed by atoms with Crippen molar-refractivity contribution in [2.45, 2.75) is 30.7 Å². The number of pyridine rings is 2. The van der Waals surface area contributed by atoms with E-state index in [9.17, 15) is 18.4 Å². The van der Waals surface area contributed by atoms with Crippen LogP contribution in [0.2, 0.25) is 0 Å². The lowest BCUT2D eigenvalue weighted by Gasteiger charge is -2.16. The molecule has 38 heavy (non-hydrogen) atoms. The first-order valence-electron chi connectivity index (χ1n) is 11.9. The van der Waals surface area contributed by atoms with E-state index in [1.807, 2.05) is 6.07 Å². The number of primary amides is 1. The summed E-state index contributed by atoms with van der Waals surface area (Å²) in [5.41, 5.74) is 13.2. The lowest BCUT2D eigenvalue weighted by molar-refractivity contribution is 0.1000. The molecule has 1 aliphatic carbocycles. The Bertz CT molecular complexity index is 1780. The van der Waals surface area contributed by atoms with Crippen molar-refractivity contribution < 1.29 is 13.6 Å². The minimum absolute atomic E-state index is 0.00668. The summed E-state index contributed by atoms with van der Waals surface area (Å²) in [6.45, 7) is 0. The van der Waals surface area contributed by atoms with Crippen molar-refractivity contribution in [2.75, 3.05) is 0 Å². The van der Waals surface area contributed by atoms with Gasteiger partial charge in [0.1, 0.15) is 17.3 Å². The lowest BCUT2D eigenvalue weighted by atomic mass is 9.89. The van der Waals surface area contributed by atoms with E-state index in [-0.39, 0.29) is 28.7 Å². The second kappa shape index (κ2) is 9.62. The number of hydrogen-bond donors (Lipinski definition) is 3. The van der Waals surface area contributed by atoms with Gasteiger partial charge in [0, 0.05) is 48.4 Å². The largest absolute Gasteiger partial charge is 0.366 e. The molecular formula is C29H23F2N5O2. The fourth-order valence-electron chi connectivity index (χ4n) is 4.41. The Balaban J connectivity index is 1.52. The van der Waals surface area contributed by atoms with Crippen molar-refractivity contribution in [3.05, 3.63) is 98.7 Å². The molecule has 0 saturated heterocycles. The molecule has 5 N–H and O–H groups in total. The summed E-state index contributed by atoms with van der Waals surface area (Å²) < 4.78 is 30.0. The standard InChI is InChI=1S/C29H23F2N5O2/c1-36-13-5-8-20(28(36)38)18(21-14-17(30)9-10-24(21)31)6-3-2-4-7-19-22-15-25(29(33)11-12-29)35-27(22)34-16-23(19)26(32)37/h5,8-10,13-16,18H,6,11-12,33H2,1H3,(H2,32,37)(H,34,35). The van der Waals surface area contributed by atoms with E-state index in [2.05, 4.69) is 33.6 Å². The van der Waals surface area contributed by atoms with Crippen LogP contribution >= 0.6 is 0 Å². The van der Waals surface area contributed by atoms with Crippen LogP contribution in [0.15, 0.2) is 53.6 Å². The SMILES string of the molecule is Cn1cccc(C(CC#CC#Cc2c(C(N)=O)cnc3[nH]c(C4(N)CC4)cc23)c2cc(F)ccc2F)c1=O. The van der Waals surface area contributed by atoms with Gasteiger partial charge in [-0.2, -0.15) is 0 Å². The van der Waals surface area contributed by atoms with Gasteiger partial charge in [-0.25, -0.2) is 13.8 Å². The number of amides is 1. The number of aryl methyl sites for hydroxylation is 1. The molecule has 1 fully saturated rings. The number of rotatable bonds is 5. The number of benzene rings is 1. The summed E-state index contributed by atoms with van der Waals surface area (Å²) in [6.07, 6.45) is 4.62. The topological polar surface area (TPSA) is 120 Å². The van der Waals surface area contributed by atoms with E-state index >= 15 is 0 Å². The molecule has 0 spiro atoms. The molecule has 3 aromatic heterocycles. The zero-order valence-electron chi connectivity index (χ0n) is 20.4. The van der Waals surface area contributed by atoms with Crippen molar-refractivity contribution in [1.29, 1.82) is 0 Å². The van der Waals surface area contributed by atoms with Crippen LogP contribution in [0.3, 0.4) is 0 Å². The molecule has 7 nitrogen and oxygen atoms in total. The Kier molecular flexibility index (Phi) is 6.31. The van der Waals surface area contributed by atoms with Crippen LogP contribution in [0, 0.1) is 35.3 Å². The fraction of sp³-hybridized carbons (Fsp3) is 0.207. The third-order valence-corrected chi connectivity index (χ3v) is 6.76. The third kappa shape index (κ3) is 4.68. The highest BCUT2D eigenvalue weighted by Gasteiger charge is 2.41. The Hall–Kier alpha value is -4.73. The molecule has 0 radical (unpaired) electrons. The van der Waals surface area contributed by atoms with E-state index < -0.39 is 29.0 Å². The molecule has 0 aliphatic heterocycles. The van der Waals surface area contributed by atoms with Crippen LogP contribution in [-0.4, -0.2) is 20.4 Å². The second-order valence-electron chi connectivity index (χ2n) is 9.37. The van der Waals surface area contributed by atoms with Crippen LogP contribution < -0.4 is 17.0 Å². The molecule has 1 unspecified atom stereocenters. The van der Waals surface area contributed by atoms with Gasteiger partial charge in [0.15, 0.2) is 0 Å². The van der Waals surface area contributed by atoms with Crippen molar-refractivity contribution in [2.24, 2.45) is 18.5 Å². The Morgan fingerprint density at radius 2 is 2.00 bits per heavy atom. The number of nitrogens with zero attached hydrogens (tertiary/aromatic N) is 2. The van der Waals surface area contributed by atoms with Crippen molar-refractivity contribution in [3.8, 4) is 23.7 Å². The molecule has 1 saturated carbocycles. The molecule has 1 aliphatic rings. The number of H-pyrrole nitrogens is 1. The number of hydrogen-bond acceptors (Lipinski definition) is 4. The van der Waals surface area contributed by atoms with Gasteiger partial charge in [-0.15, -0.1) is 0 Å². The Labute approximate surface area is 216 Å². The molecule has 1 amide bonds. The predicted octanol–water partition coefficient (Wildman–Crippen LogP) is 3.16. The lowest BCUT2D eigenvalue weighted by Crippen LogP contribution is -2.23. The highest BCUT2D eigenvalue weighted by molar-refractivity contribution is 6.01. The van der Waals surface area contributed by atoms with Crippen LogP contribution in [0.1, 0.15) is 57.9 Å². The molecular weight excluding hydrogens is 488 g/mol. The summed E-state index contributed by atoms with van der Waals surface area (Å²) in [7, 11) is 1.58. The van der Waals surface area contributed by atoms with Crippen LogP contribution in [0.4, 0.5) is 8.78 Å². The minimum Gasteiger partial charge on any atom is -0.366 e. The summed E-state index contributed by atoms with van der Waals surface area (Å²) in [5, 5.41) is 0.606. The molecule has 9 heteroatoms. The number of aromatic nitrogens is 3. The summed E-state index contributed by atoms with van der Waals surface area (Å²) in [6, 6.07) is 8.17. The highest BCUT2D eigenvalue weighted by atomic mass is 19.1. The summed E-state index contributed by atoms with van der Waals surface area (Å²) in [4.78, 5) is 32.3. The zero-order chi connectivity index (χ0) is 27.0. The maximum absolute atomic E-state index is 14.7. The van der Waals surface area contributed by atoms with E-state index in [1.165, 1.54) is 10.8 Å². The van der Waals surface area contributed by atoms with Gasteiger partial charge in [0.25, 0.3) is 11.5 Å². The first-order chi connectivity index (χ1) is 18.2. The summed E-state index contributed by atoms with van der Waals surface area (Å²) >= 11 is 0. The number of nitrogens with one attached hydrogen (secondary N) is 1. The van der Waals surface area contributed by atoms with Crippen molar-refractivity contribution in [3.63, 3.8) is 0 Å². The molecule has 3 heterocycles. The monoisotopic (exact) mass is 511 g/mol. The Morgan fingerprint density at radius 1 is 1.21 bits per heavy atom. The van der Waals surface area contributed by atoms with Crippen LogP contribution in [-0.2, 0) is 12.6 Å². The average Bonchev–Trinajstić information content (AvgIpc) is 3.47. The van der Waals surface area contributed by atoms with Gasteiger partial charge in [0.2, 0.25) is 0 Å². The summed E-state index contributed by atoms with van der Waals surface area (Å²) in [5.74, 6) is 8.41. The van der Waals surface area contributed by atoms with Gasteiger partial charge < -0.3 is 21.0 Å². The number of carbonyl (C=O) groups excluding carboxylic acids is 1. The quantitative estimate of drug-likeness (QED) is 0.357. The van der Waals surface area contributed by atoms with E-state index in [0.29, 0.717) is 16.6 Å². The molecule has 4 aromatic rings. The number of aromatic amines is 1. The number of carbonyl (C=O) groups is 1. The highest BCUT2D eigenvalue weighted by Crippen LogP contribution is 2.43. The van der Waals surface area contributed by atoms with Crippen molar-refractivity contribution >= 4 is 16.9 Å². The number of fused-ring (bicyclic) bond motifs is 1. The van der Waals surface area contributed by atoms with Gasteiger partial charge in [-0.3, -0.25) is 9.59 Å². The molecule has 5 rings (SSSR count). The van der Waals surface area contributed by atoms with Crippen LogP contribution in [0.25, 0.3) is 11.0 Å². The van der Waals surface area contributed by atoms with Crippen LogP contribution in [0.5, 0.6) is 0 Å². The van der Waals surface area contributed by atoms with E-state index in [4.69, 9.17) is 11.5 Å². The fourth-order valence-corrected chi connectivity index (χ4v) is 4.41. The van der Waals surface area contributed by atoms with E-state index in [1.54, 1.807) is 25.4 Å². The normalized spacial score (nSPS) is 14.2. The maximum atomic E-state index is 14.7. The van der Waals surface area contributed by atoms with Gasteiger partial charge in [-0.05, 0) is 60.6 Å². The van der Waals surface area contributed by atoms with Gasteiger partial charge in [-0.1, -0.05) is 17.9 Å². The first-order valence-corrected chi connectivity index (χ1v) is 11.9. The van der Waals surface area contributed by atoms with Gasteiger partial charge >= 0.3 is 0 Å². The second-order valence-corrected chi connectivity index (χ2v) is 9.37. The maximum Gasteiger partial charge on any atom is 0.254 e. The average molecular weight is 512 g/mol. The van der Waals surface area contributed by atoms with E-state index in [0.717, 1.165) is 36.7 Å². The molecule has 1 aromatic carbocycles. The van der Waals surface area contributed by atoms with Gasteiger partial charge in [0.05, 0.1) is 16.7 Å². The number of halogens is 2. The zero-order valence-corrected chi connectivity index (χ0v) is 20.4. The molecule has 0 bridgehead atoms. The third-order valence-electron chi connectivity index (χ3n) is 6.76. The minimum atomic E-state index is -0.819. The smallest absolute Gasteiger partial charge is 0.254 e.